The van der Waals surface area contributed by atoms with Gasteiger partial charge in [0.2, 0.25) is 0 Å². The zero-order chi connectivity index (χ0) is 20.7. The summed E-state index contributed by atoms with van der Waals surface area (Å²) in [5, 5.41) is 6.48. The number of ether oxygens (including phenoxy) is 1. The van der Waals surface area contributed by atoms with E-state index in [1.165, 1.54) is 32.1 Å². The lowest BCUT2D eigenvalue weighted by Gasteiger charge is -2.41. The first-order valence-corrected chi connectivity index (χ1v) is 10.4. The topological polar surface area (TPSA) is 132 Å². The van der Waals surface area contributed by atoms with Crippen LogP contribution in [0.2, 0.25) is 0 Å². The van der Waals surface area contributed by atoms with Gasteiger partial charge in [-0.3, -0.25) is 4.79 Å². The highest BCUT2D eigenvalue weighted by Crippen LogP contribution is 2.23. The smallest absolute Gasteiger partial charge is 0.256 e. The molecule has 28 heavy (non-hydrogen) atoms. The van der Waals surface area contributed by atoms with Crippen LogP contribution in [0.3, 0.4) is 0 Å². The zero-order valence-corrected chi connectivity index (χ0v) is 17.5. The first-order valence-electron chi connectivity index (χ1n) is 10.4. The molecule has 160 valence electrons. The largest absolute Gasteiger partial charge is 0.402 e. The number of hydrogen-bond donors (Lipinski definition) is 5. The van der Waals surface area contributed by atoms with E-state index in [1.54, 1.807) is 27.0 Å². The second-order valence-corrected chi connectivity index (χ2v) is 8.07. The molecule has 2 aliphatic rings. The van der Waals surface area contributed by atoms with Crippen LogP contribution in [0.25, 0.3) is 0 Å². The number of nitrogens with two attached hydrogens (primary N) is 3. The molecule has 0 aromatic rings. The number of nitrogens with zero attached hydrogens (tertiary/aromatic N) is 1. The normalized spacial score (nSPS) is 26.6. The molecular formula is C20H38N6O2. The fourth-order valence-electron chi connectivity index (χ4n) is 4.08. The highest BCUT2D eigenvalue weighted by molar-refractivity contribution is 5.97. The summed E-state index contributed by atoms with van der Waals surface area (Å²) in [7, 11) is 1.73. The summed E-state index contributed by atoms with van der Waals surface area (Å²) in [4.78, 5) is 14.6. The van der Waals surface area contributed by atoms with E-state index in [1.807, 2.05) is 4.90 Å². The van der Waals surface area contributed by atoms with Gasteiger partial charge in [0.05, 0.1) is 17.8 Å². The summed E-state index contributed by atoms with van der Waals surface area (Å²) in [6, 6.07) is 0.872. The summed E-state index contributed by atoms with van der Waals surface area (Å²) in [5.41, 5.74) is 18.8. The van der Waals surface area contributed by atoms with Gasteiger partial charge in [0.25, 0.3) is 5.91 Å². The van der Waals surface area contributed by atoms with Crippen molar-refractivity contribution in [2.24, 2.45) is 17.2 Å². The van der Waals surface area contributed by atoms with Crippen molar-refractivity contribution in [3.8, 4) is 0 Å². The van der Waals surface area contributed by atoms with E-state index >= 15 is 0 Å². The molecule has 8 heteroatoms. The van der Waals surface area contributed by atoms with Crippen LogP contribution in [0.5, 0.6) is 0 Å². The Kier molecular flexibility index (Phi) is 8.59. The zero-order valence-electron chi connectivity index (χ0n) is 17.5. The van der Waals surface area contributed by atoms with Crippen LogP contribution in [-0.2, 0) is 9.53 Å². The summed E-state index contributed by atoms with van der Waals surface area (Å²) >= 11 is 0. The number of rotatable bonds is 7. The van der Waals surface area contributed by atoms with Gasteiger partial charge in [-0.05, 0) is 39.2 Å². The molecule has 0 aromatic carbocycles. The molecule has 1 saturated carbocycles. The third-order valence-corrected chi connectivity index (χ3v) is 5.51. The average molecular weight is 395 g/mol. The van der Waals surface area contributed by atoms with Crippen LogP contribution in [0.1, 0.15) is 52.4 Å². The molecular weight excluding hydrogens is 356 g/mol. The Morgan fingerprint density at radius 1 is 1.21 bits per heavy atom. The van der Waals surface area contributed by atoms with E-state index in [4.69, 9.17) is 21.9 Å². The number of methoxy groups -OCH3 is 1. The Labute approximate surface area is 168 Å². The van der Waals surface area contributed by atoms with Crippen LogP contribution in [-0.4, -0.2) is 55.4 Å². The summed E-state index contributed by atoms with van der Waals surface area (Å²) in [6.45, 7) is 4.81. The van der Waals surface area contributed by atoms with Gasteiger partial charge in [0.15, 0.2) is 0 Å². The van der Waals surface area contributed by atoms with E-state index in [0.29, 0.717) is 35.7 Å². The monoisotopic (exact) mass is 394 g/mol. The van der Waals surface area contributed by atoms with E-state index in [-0.39, 0.29) is 12.0 Å². The summed E-state index contributed by atoms with van der Waals surface area (Å²) in [5.74, 6) is 0.0786. The number of carbonyl (C=O) groups is 1. The number of likely N-dealkylation sites (tertiary alicyclic amines) is 1. The Morgan fingerprint density at radius 3 is 2.46 bits per heavy atom. The van der Waals surface area contributed by atoms with Crippen molar-refractivity contribution in [2.45, 2.75) is 76.7 Å². The Morgan fingerprint density at radius 2 is 1.89 bits per heavy atom. The maximum Gasteiger partial charge on any atom is 0.256 e. The lowest BCUT2D eigenvalue weighted by atomic mass is 9.92. The Hall–Kier alpha value is -1.77. The van der Waals surface area contributed by atoms with Crippen molar-refractivity contribution in [3.05, 3.63) is 23.2 Å². The van der Waals surface area contributed by atoms with Gasteiger partial charge in [-0.15, -0.1) is 0 Å². The molecule has 1 heterocycles. The molecule has 1 unspecified atom stereocenters. The molecule has 3 atom stereocenters. The molecule has 1 amide bonds. The molecule has 0 aromatic heterocycles. The predicted octanol–water partition coefficient (Wildman–Crippen LogP) is 0.452. The highest BCUT2D eigenvalue weighted by Gasteiger charge is 2.32. The number of allylic oxidation sites excluding steroid dienone is 1. The van der Waals surface area contributed by atoms with Crippen molar-refractivity contribution < 1.29 is 9.53 Å². The van der Waals surface area contributed by atoms with Crippen LogP contribution in [0.15, 0.2) is 23.2 Å². The first kappa shape index (κ1) is 22.5. The number of amides is 1. The first-order chi connectivity index (χ1) is 13.3. The van der Waals surface area contributed by atoms with Crippen LogP contribution >= 0.6 is 0 Å². The quantitative estimate of drug-likeness (QED) is 0.241. The van der Waals surface area contributed by atoms with Crippen molar-refractivity contribution in [3.63, 3.8) is 0 Å². The highest BCUT2D eigenvalue weighted by atomic mass is 16.5. The Bertz CT molecular complexity index is 579. The number of nitrogens with one attached hydrogen (secondary N) is 2. The van der Waals surface area contributed by atoms with Gasteiger partial charge in [0, 0.05) is 38.0 Å². The van der Waals surface area contributed by atoms with Gasteiger partial charge in [-0.1, -0.05) is 19.3 Å². The fraction of sp³-hybridized carbons (Fsp3) is 0.750. The minimum absolute atomic E-state index is 0.00919. The minimum Gasteiger partial charge on any atom is -0.402 e. The van der Waals surface area contributed by atoms with Gasteiger partial charge in [0.1, 0.15) is 5.82 Å². The standard InChI is InChI=1S/C20H38N6O2/c1-13(21)11-16(20(27)24-14(2)22)19(23)26-10-9-17(18(12-26)28-3)25-15-7-5-4-6-8-15/h11,14-15,17-18,25H,4-10,12,21-23H2,1-3H3,(H,24,27)/b13-11-,19-16-/t14?,17-,18+/m1/s1. The van der Waals surface area contributed by atoms with Gasteiger partial charge in [-0.2, -0.15) is 0 Å². The second kappa shape index (κ2) is 10.7. The predicted molar refractivity (Wildman–Crippen MR) is 112 cm³/mol. The maximum atomic E-state index is 12.6. The minimum atomic E-state index is -0.473. The average Bonchev–Trinajstić information content (AvgIpc) is 2.66. The van der Waals surface area contributed by atoms with Crippen LogP contribution < -0.4 is 27.8 Å². The SMILES string of the molecule is CO[C@H]1CN(/C(N)=C(/C=C(/C)N)C(=O)NC(C)N)CC[C@H]1NC1CCCCC1. The van der Waals surface area contributed by atoms with Crippen LogP contribution in [0, 0.1) is 0 Å². The number of hydrogen-bond acceptors (Lipinski definition) is 7. The summed E-state index contributed by atoms with van der Waals surface area (Å²) < 4.78 is 5.77. The van der Waals surface area contributed by atoms with Crippen LogP contribution in [0.4, 0.5) is 0 Å². The molecule has 8 N–H and O–H groups in total. The van der Waals surface area contributed by atoms with Crippen molar-refractivity contribution in [1.82, 2.24) is 15.5 Å². The van der Waals surface area contributed by atoms with Gasteiger partial charge >= 0.3 is 0 Å². The summed E-state index contributed by atoms with van der Waals surface area (Å²) in [6.07, 6.45) is 8.45. The number of piperidine rings is 1. The molecule has 0 spiro atoms. The molecule has 2 rings (SSSR count). The molecule has 1 aliphatic carbocycles. The Balaban J connectivity index is 2.11. The van der Waals surface area contributed by atoms with Crippen molar-refractivity contribution >= 4 is 5.91 Å². The lowest BCUT2D eigenvalue weighted by molar-refractivity contribution is -0.117. The molecule has 1 saturated heterocycles. The number of carbonyl (C=O) groups excluding carboxylic acids is 1. The third kappa shape index (κ3) is 6.39. The molecule has 8 nitrogen and oxygen atoms in total. The fourth-order valence-corrected chi connectivity index (χ4v) is 4.08. The van der Waals surface area contributed by atoms with Gasteiger partial charge < -0.3 is 37.5 Å². The van der Waals surface area contributed by atoms with E-state index in [0.717, 1.165) is 13.0 Å². The maximum absolute atomic E-state index is 12.6. The van der Waals surface area contributed by atoms with E-state index in [9.17, 15) is 4.79 Å². The third-order valence-electron chi connectivity index (χ3n) is 5.51. The molecule has 1 aliphatic heterocycles. The second-order valence-electron chi connectivity index (χ2n) is 8.07. The van der Waals surface area contributed by atoms with E-state index < -0.39 is 6.17 Å². The van der Waals surface area contributed by atoms with Crippen molar-refractivity contribution in [2.75, 3.05) is 20.2 Å². The van der Waals surface area contributed by atoms with Gasteiger partial charge in [-0.25, -0.2) is 0 Å². The molecule has 0 bridgehead atoms. The molecule has 0 radical (unpaired) electrons. The lowest BCUT2D eigenvalue weighted by Crippen LogP contribution is -2.56. The van der Waals surface area contributed by atoms with E-state index in [2.05, 4.69) is 10.6 Å². The van der Waals surface area contributed by atoms with Crippen molar-refractivity contribution in [1.29, 1.82) is 0 Å². The molecule has 2 fully saturated rings.